The van der Waals surface area contributed by atoms with Gasteiger partial charge in [-0.05, 0) is 47.5 Å². The quantitative estimate of drug-likeness (QED) is 0.250. The molecule has 8 heteroatoms. The van der Waals surface area contributed by atoms with Crippen molar-refractivity contribution in [2.75, 3.05) is 18.1 Å². The largest absolute Gasteiger partial charge is 0.395 e. The van der Waals surface area contributed by atoms with Crippen LogP contribution in [0.1, 0.15) is 0 Å². The number of anilines is 2. The van der Waals surface area contributed by atoms with E-state index in [-0.39, 0.29) is 6.61 Å². The topological polar surface area (TPSA) is 65.0 Å². The van der Waals surface area contributed by atoms with Gasteiger partial charge in [-0.15, -0.1) is 0 Å². The number of benzene rings is 3. The van der Waals surface area contributed by atoms with Gasteiger partial charge in [0, 0.05) is 44.6 Å². The maximum Gasteiger partial charge on any atom is 0.157 e. The van der Waals surface area contributed by atoms with Crippen LogP contribution in [0.25, 0.3) is 33.3 Å². The molecule has 2 aromatic heterocycles. The van der Waals surface area contributed by atoms with Crippen molar-refractivity contribution in [3.63, 3.8) is 0 Å². The maximum absolute atomic E-state index is 10.0. The number of aromatic nitrogens is 3. The van der Waals surface area contributed by atoms with Gasteiger partial charge in [-0.1, -0.05) is 65.1 Å². The predicted octanol–water partition coefficient (Wildman–Crippen LogP) is 7.38. The van der Waals surface area contributed by atoms with Crippen LogP contribution >= 0.6 is 34.8 Å². The van der Waals surface area contributed by atoms with E-state index in [1.807, 2.05) is 60.7 Å². The second kappa shape index (κ2) is 9.65. The Morgan fingerprint density at radius 3 is 2.41 bits per heavy atom. The van der Waals surface area contributed by atoms with Gasteiger partial charge in [-0.25, -0.2) is 4.98 Å². The van der Waals surface area contributed by atoms with Crippen LogP contribution in [-0.2, 0) is 0 Å². The summed E-state index contributed by atoms with van der Waals surface area (Å²) in [5.41, 5.74) is 6.10. The first-order chi connectivity index (χ1) is 16.6. The minimum atomic E-state index is -0.0549. The van der Waals surface area contributed by atoms with Crippen LogP contribution in [0.4, 0.5) is 11.4 Å². The molecule has 170 valence electrons. The van der Waals surface area contributed by atoms with E-state index < -0.39 is 0 Å². The molecule has 0 radical (unpaired) electrons. The minimum Gasteiger partial charge on any atom is -0.395 e. The summed E-state index contributed by atoms with van der Waals surface area (Å²) < 4.78 is 0. The lowest BCUT2D eigenvalue weighted by molar-refractivity contribution is 0.306. The monoisotopic (exact) mass is 508 g/mol. The highest BCUT2D eigenvalue weighted by atomic mass is 35.5. The highest BCUT2D eigenvalue weighted by Crippen LogP contribution is 2.45. The van der Waals surface area contributed by atoms with Crippen LogP contribution in [0.2, 0.25) is 15.1 Å². The summed E-state index contributed by atoms with van der Waals surface area (Å²) in [7, 11) is 0. The van der Waals surface area contributed by atoms with Crippen molar-refractivity contribution in [3.05, 3.63) is 94.2 Å². The summed E-state index contributed by atoms with van der Waals surface area (Å²) in [6.07, 6.45) is 3.46. The first kappa shape index (κ1) is 22.7. The fourth-order valence-corrected chi connectivity index (χ4v) is 4.78. The number of aliphatic hydroxyl groups excluding tert-OH is 1. The first-order valence-corrected chi connectivity index (χ1v) is 11.7. The number of aromatic amines is 1. The fraction of sp³-hybridized carbons (Fsp3) is 0.0769. The number of fused-ring (bicyclic) bond motifs is 1. The molecule has 0 unspecified atom stereocenters. The van der Waals surface area contributed by atoms with Gasteiger partial charge in [-0.2, -0.15) is 5.10 Å². The Bertz CT molecular complexity index is 1470. The summed E-state index contributed by atoms with van der Waals surface area (Å²) in [5.74, 6) is 0. The molecule has 0 bridgehead atoms. The van der Waals surface area contributed by atoms with Crippen molar-refractivity contribution in [1.82, 2.24) is 15.2 Å². The second-order valence-corrected chi connectivity index (χ2v) is 8.95. The molecule has 0 atom stereocenters. The van der Waals surface area contributed by atoms with Gasteiger partial charge in [-0.3, -0.25) is 5.10 Å². The molecule has 0 saturated carbocycles. The molecule has 0 spiro atoms. The summed E-state index contributed by atoms with van der Waals surface area (Å²) in [6, 6.07) is 21.1. The molecular formula is C26H19Cl3N4O. The zero-order valence-electron chi connectivity index (χ0n) is 17.8. The SMILES string of the molecule is OCCN(c1cccc(-c2ccc(Cl)cc2)c1-c1ccc(Cl)cc1Cl)c1ccnc2[nH]ncc12. The molecule has 0 fully saturated rings. The fourth-order valence-electron chi connectivity index (χ4n) is 4.15. The molecular weight excluding hydrogens is 491 g/mol. The van der Waals surface area contributed by atoms with Crippen molar-refractivity contribution in [3.8, 4) is 22.3 Å². The molecule has 0 aliphatic heterocycles. The van der Waals surface area contributed by atoms with Crippen LogP contribution in [0.15, 0.2) is 79.1 Å². The van der Waals surface area contributed by atoms with Crippen LogP contribution < -0.4 is 4.90 Å². The van der Waals surface area contributed by atoms with Gasteiger partial charge in [0.25, 0.3) is 0 Å². The van der Waals surface area contributed by atoms with Crippen LogP contribution in [0.3, 0.4) is 0 Å². The molecule has 2 heterocycles. The number of aliphatic hydroxyl groups is 1. The zero-order valence-corrected chi connectivity index (χ0v) is 20.1. The van der Waals surface area contributed by atoms with Gasteiger partial charge >= 0.3 is 0 Å². The second-order valence-electron chi connectivity index (χ2n) is 7.67. The summed E-state index contributed by atoms with van der Waals surface area (Å²) >= 11 is 19.1. The number of hydrogen-bond donors (Lipinski definition) is 2. The molecule has 34 heavy (non-hydrogen) atoms. The molecule has 2 N–H and O–H groups in total. The van der Waals surface area contributed by atoms with Crippen LogP contribution in [0, 0.1) is 0 Å². The van der Waals surface area contributed by atoms with E-state index in [0.717, 1.165) is 39.0 Å². The maximum atomic E-state index is 10.0. The average Bonchev–Trinajstić information content (AvgIpc) is 3.32. The number of rotatable bonds is 6. The number of halogens is 3. The number of hydrogen-bond acceptors (Lipinski definition) is 4. The third-order valence-corrected chi connectivity index (χ3v) is 6.43. The molecule has 5 rings (SSSR count). The Labute approximate surface area is 211 Å². The van der Waals surface area contributed by atoms with Gasteiger partial charge in [0.2, 0.25) is 0 Å². The lowest BCUT2D eigenvalue weighted by Crippen LogP contribution is -2.22. The lowest BCUT2D eigenvalue weighted by Gasteiger charge is -2.29. The minimum absolute atomic E-state index is 0.0549. The van der Waals surface area contributed by atoms with Crippen molar-refractivity contribution in [2.45, 2.75) is 0 Å². The van der Waals surface area contributed by atoms with Crippen molar-refractivity contribution in [2.24, 2.45) is 0 Å². The van der Waals surface area contributed by atoms with Crippen LogP contribution in [-0.4, -0.2) is 33.4 Å². The molecule has 0 amide bonds. The standard InChI is InChI=1S/C26H19Cl3N4O/c27-17-6-4-16(5-7-17)19-2-1-3-24(25(19)20-9-8-18(28)14-22(20)29)33(12-13-34)23-10-11-30-26-21(23)15-31-32-26/h1-11,14-15,34H,12-13H2,(H,30,31,32). The van der Waals surface area contributed by atoms with Gasteiger partial charge in [0.05, 0.1) is 23.9 Å². The molecule has 0 aliphatic carbocycles. The van der Waals surface area contributed by atoms with Gasteiger partial charge in [0.15, 0.2) is 5.65 Å². The van der Waals surface area contributed by atoms with Crippen molar-refractivity contribution >= 4 is 57.2 Å². The molecule has 5 nitrogen and oxygen atoms in total. The lowest BCUT2D eigenvalue weighted by atomic mass is 9.92. The van der Waals surface area contributed by atoms with E-state index in [0.29, 0.717) is 27.3 Å². The third kappa shape index (κ3) is 4.24. The Balaban J connectivity index is 1.81. The Morgan fingerprint density at radius 1 is 0.853 bits per heavy atom. The van der Waals surface area contributed by atoms with Gasteiger partial charge < -0.3 is 10.0 Å². The Hall–Kier alpha value is -3.09. The average molecular weight is 510 g/mol. The smallest absolute Gasteiger partial charge is 0.157 e. The Morgan fingerprint density at radius 2 is 1.65 bits per heavy atom. The predicted molar refractivity (Wildman–Crippen MR) is 140 cm³/mol. The Kier molecular flexibility index (Phi) is 6.44. The van der Waals surface area contributed by atoms with E-state index in [9.17, 15) is 5.11 Å². The molecule has 0 saturated heterocycles. The van der Waals surface area contributed by atoms with E-state index >= 15 is 0 Å². The van der Waals surface area contributed by atoms with E-state index in [1.54, 1.807) is 18.5 Å². The number of nitrogens with zero attached hydrogens (tertiary/aromatic N) is 3. The number of pyridine rings is 1. The summed E-state index contributed by atoms with van der Waals surface area (Å²) in [5, 5.41) is 19.7. The molecule has 5 aromatic rings. The summed E-state index contributed by atoms with van der Waals surface area (Å²) in [6.45, 7) is 0.299. The first-order valence-electron chi connectivity index (χ1n) is 10.6. The highest BCUT2D eigenvalue weighted by Gasteiger charge is 2.22. The number of H-pyrrole nitrogens is 1. The molecule has 3 aromatic carbocycles. The van der Waals surface area contributed by atoms with E-state index in [4.69, 9.17) is 34.8 Å². The van der Waals surface area contributed by atoms with Crippen LogP contribution in [0.5, 0.6) is 0 Å². The normalized spacial score (nSPS) is 11.2. The van der Waals surface area contributed by atoms with Crippen molar-refractivity contribution in [1.29, 1.82) is 0 Å². The summed E-state index contributed by atoms with van der Waals surface area (Å²) in [4.78, 5) is 6.42. The zero-order chi connectivity index (χ0) is 23.7. The number of nitrogens with one attached hydrogen (secondary N) is 1. The van der Waals surface area contributed by atoms with Crippen molar-refractivity contribution < 1.29 is 5.11 Å². The third-order valence-electron chi connectivity index (χ3n) is 5.63. The van der Waals surface area contributed by atoms with E-state index in [2.05, 4.69) is 20.1 Å². The van der Waals surface area contributed by atoms with Gasteiger partial charge in [0.1, 0.15) is 0 Å². The molecule has 0 aliphatic rings. The van der Waals surface area contributed by atoms with E-state index in [1.165, 1.54) is 0 Å². The highest BCUT2D eigenvalue weighted by molar-refractivity contribution is 6.36.